The lowest BCUT2D eigenvalue weighted by Crippen LogP contribution is -2.25. The normalized spacial score (nSPS) is 10.5. The number of nitrogens with zero attached hydrogens (tertiary/aromatic N) is 1. The Morgan fingerprint density at radius 3 is 1.67 bits per heavy atom. The van der Waals surface area contributed by atoms with Crippen molar-refractivity contribution in [1.29, 1.82) is 0 Å². The molecule has 0 aromatic heterocycles. The van der Waals surface area contributed by atoms with Crippen LogP contribution in [0.2, 0.25) is 0 Å². The van der Waals surface area contributed by atoms with Crippen LogP contribution in [0.1, 0.15) is 52.0 Å². The largest absolute Gasteiger partial charge is 0.496 e. The van der Waals surface area contributed by atoms with Crippen LogP contribution in [0.15, 0.2) is 12.1 Å². The van der Waals surface area contributed by atoms with Crippen LogP contribution in [0.25, 0.3) is 0 Å². The number of anilines is 1. The average molecular weight is 293 g/mol. The van der Waals surface area contributed by atoms with E-state index in [0.717, 1.165) is 36.6 Å². The van der Waals surface area contributed by atoms with E-state index in [4.69, 9.17) is 9.47 Å². The average Bonchev–Trinajstić information content (AvgIpc) is 2.53. The summed E-state index contributed by atoms with van der Waals surface area (Å²) in [5.74, 6) is 1.87. The van der Waals surface area contributed by atoms with E-state index >= 15 is 0 Å². The maximum atomic E-state index is 5.57. The van der Waals surface area contributed by atoms with Crippen molar-refractivity contribution in [1.82, 2.24) is 0 Å². The maximum Gasteiger partial charge on any atom is 0.127 e. The lowest BCUT2D eigenvalue weighted by atomic mass is 10.1. The summed E-state index contributed by atoms with van der Waals surface area (Å²) in [4.78, 5) is 2.46. The fourth-order valence-electron chi connectivity index (χ4n) is 2.57. The van der Waals surface area contributed by atoms with Gasteiger partial charge in [0, 0.05) is 36.5 Å². The van der Waals surface area contributed by atoms with Crippen LogP contribution in [0.5, 0.6) is 11.5 Å². The zero-order valence-electron chi connectivity index (χ0n) is 14.4. The molecular formula is C18H31NO2. The zero-order valence-corrected chi connectivity index (χ0v) is 14.4. The van der Waals surface area contributed by atoms with Crippen LogP contribution in [0.3, 0.4) is 0 Å². The van der Waals surface area contributed by atoms with Crippen LogP contribution >= 0.6 is 0 Å². The highest BCUT2D eigenvalue weighted by Crippen LogP contribution is 2.35. The Balaban J connectivity index is 3.10. The first-order valence-electron chi connectivity index (χ1n) is 8.21. The predicted molar refractivity (Wildman–Crippen MR) is 91.0 cm³/mol. The summed E-state index contributed by atoms with van der Waals surface area (Å²) in [5.41, 5.74) is 2.36. The van der Waals surface area contributed by atoms with Crippen LogP contribution in [-0.2, 0) is 6.42 Å². The molecule has 0 aliphatic heterocycles. The van der Waals surface area contributed by atoms with Gasteiger partial charge in [0.25, 0.3) is 0 Å². The van der Waals surface area contributed by atoms with Crippen molar-refractivity contribution in [3.05, 3.63) is 17.7 Å². The highest BCUT2D eigenvalue weighted by atomic mass is 16.5. The quantitative estimate of drug-likeness (QED) is 0.625. The number of rotatable bonds is 10. The molecule has 0 radical (unpaired) electrons. The lowest BCUT2D eigenvalue weighted by molar-refractivity contribution is 0.386. The monoisotopic (exact) mass is 293 g/mol. The summed E-state index contributed by atoms with van der Waals surface area (Å²) >= 11 is 0. The first-order chi connectivity index (χ1) is 10.2. The van der Waals surface area contributed by atoms with Crippen molar-refractivity contribution in [3.8, 4) is 11.5 Å². The third-order valence-corrected chi connectivity index (χ3v) is 3.87. The molecule has 1 aromatic rings. The van der Waals surface area contributed by atoms with E-state index in [9.17, 15) is 0 Å². The molecule has 21 heavy (non-hydrogen) atoms. The molecule has 0 aliphatic rings. The van der Waals surface area contributed by atoms with Crippen molar-refractivity contribution < 1.29 is 9.47 Å². The van der Waals surface area contributed by atoms with E-state index in [-0.39, 0.29) is 0 Å². The van der Waals surface area contributed by atoms with Crippen LogP contribution in [0, 0.1) is 0 Å². The molecule has 0 saturated carbocycles. The van der Waals surface area contributed by atoms with Gasteiger partial charge < -0.3 is 14.4 Å². The topological polar surface area (TPSA) is 21.7 Å². The van der Waals surface area contributed by atoms with Gasteiger partial charge in [-0.25, -0.2) is 0 Å². The van der Waals surface area contributed by atoms with Crippen molar-refractivity contribution in [2.75, 3.05) is 32.2 Å². The molecule has 3 heteroatoms. The lowest BCUT2D eigenvalue weighted by Gasteiger charge is -2.26. The van der Waals surface area contributed by atoms with E-state index in [1.54, 1.807) is 14.2 Å². The van der Waals surface area contributed by atoms with Gasteiger partial charge in [-0.05, 0) is 19.3 Å². The van der Waals surface area contributed by atoms with Gasteiger partial charge in [-0.15, -0.1) is 0 Å². The zero-order chi connectivity index (χ0) is 15.7. The molecule has 0 bridgehead atoms. The van der Waals surface area contributed by atoms with Gasteiger partial charge in [0.15, 0.2) is 0 Å². The Morgan fingerprint density at radius 2 is 1.33 bits per heavy atom. The van der Waals surface area contributed by atoms with Gasteiger partial charge in [-0.2, -0.15) is 0 Å². The molecule has 0 heterocycles. The summed E-state index contributed by atoms with van der Waals surface area (Å²) in [6, 6.07) is 4.32. The van der Waals surface area contributed by atoms with Gasteiger partial charge in [-0.3, -0.25) is 0 Å². The molecule has 0 atom stereocenters. The maximum absolute atomic E-state index is 5.57. The third-order valence-electron chi connectivity index (χ3n) is 3.87. The third kappa shape index (κ3) is 4.83. The van der Waals surface area contributed by atoms with Gasteiger partial charge in [0.05, 0.1) is 14.2 Å². The highest BCUT2D eigenvalue weighted by molar-refractivity contribution is 5.60. The van der Waals surface area contributed by atoms with Crippen LogP contribution in [-0.4, -0.2) is 27.3 Å². The summed E-state index contributed by atoms with van der Waals surface area (Å²) < 4.78 is 11.1. The van der Waals surface area contributed by atoms with E-state index in [0.29, 0.717) is 0 Å². The molecule has 0 N–H and O–H groups in total. The van der Waals surface area contributed by atoms with Crippen LogP contribution < -0.4 is 14.4 Å². The minimum absolute atomic E-state index is 0.913. The minimum Gasteiger partial charge on any atom is -0.496 e. The van der Waals surface area contributed by atoms with Gasteiger partial charge in [0.2, 0.25) is 0 Å². The van der Waals surface area contributed by atoms with Crippen molar-refractivity contribution >= 4 is 5.69 Å². The second kappa shape index (κ2) is 9.54. The number of hydrogen-bond acceptors (Lipinski definition) is 3. The van der Waals surface area contributed by atoms with Gasteiger partial charge in [0.1, 0.15) is 11.5 Å². The number of hydrogen-bond donors (Lipinski definition) is 0. The number of ether oxygens (including phenoxy) is 2. The molecule has 0 saturated heterocycles. The van der Waals surface area contributed by atoms with E-state index in [2.05, 4.69) is 37.8 Å². The number of benzene rings is 1. The first-order valence-corrected chi connectivity index (χ1v) is 8.21. The van der Waals surface area contributed by atoms with Crippen molar-refractivity contribution in [3.63, 3.8) is 0 Å². The van der Waals surface area contributed by atoms with Gasteiger partial charge >= 0.3 is 0 Å². The molecular weight excluding hydrogens is 262 g/mol. The first kappa shape index (κ1) is 17.7. The minimum atomic E-state index is 0.913. The van der Waals surface area contributed by atoms with E-state index < -0.39 is 0 Å². The number of unbranched alkanes of at least 4 members (excludes halogenated alkanes) is 2. The molecule has 0 fully saturated rings. The van der Waals surface area contributed by atoms with E-state index in [1.165, 1.54) is 31.4 Å². The summed E-state index contributed by atoms with van der Waals surface area (Å²) in [6.45, 7) is 8.78. The molecule has 0 aliphatic carbocycles. The molecule has 0 unspecified atom stereocenters. The molecule has 1 aromatic carbocycles. The second-order valence-electron chi connectivity index (χ2n) is 5.38. The highest BCUT2D eigenvalue weighted by Gasteiger charge is 2.14. The molecule has 120 valence electrons. The Kier molecular flexibility index (Phi) is 8.03. The summed E-state index contributed by atoms with van der Waals surface area (Å²) in [6.07, 6.45) is 5.76. The molecule has 0 spiro atoms. The van der Waals surface area contributed by atoms with E-state index in [1.807, 2.05) is 0 Å². The Labute approximate surface area is 130 Å². The molecule has 0 amide bonds. The fourth-order valence-corrected chi connectivity index (χ4v) is 2.57. The fraction of sp³-hybridized carbons (Fsp3) is 0.667. The molecule has 1 rings (SSSR count). The van der Waals surface area contributed by atoms with Crippen molar-refractivity contribution in [2.24, 2.45) is 0 Å². The second-order valence-corrected chi connectivity index (χ2v) is 5.38. The standard InChI is InChI=1S/C18H31NO2/c1-6-9-11-19(12-10-7-2)15-13-17(20-4)16(8-3)18(14-15)21-5/h13-14H,6-12H2,1-5H3. The predicted octanol–water partition coefficient (Wildman–Crippen LogP) is 4.67. The van der Waals surface area contributed by atoms with Crippen molar-refractivity contribution in [2.45, 2.75) is 52.9 Å². The smallest absolute Gasteiger partial charge is 0.127 e. The Bertz CT molecular complexity index is 385. The molecule has 3 nitrogen and oxygen atoms in total. The SMILES string of the molecule is CCCCN(CCCC)c1cc(OC)c(CC)c(OC)c1. The van der Waals surface area contributed by atoms with Gasteiger partial charge in [-0.1, -0.05) is 33.6 Å². The number of methoxy groups -OCH3 is 2. The summed E-state index contributed by atoms with van der Waals surface area (Å²) in [7, 11) is 3.47. The Hall–Kier alpha value is -1.38. The van der Waals surface area contributed by atoms with Crippen LogP contribution in [0.4, 0.5) is 5.69 Å². The Morgan fingerprint density at radius 1 is 0.857 bits per heavy atom. The summed E-state index contributed by atoms with van der Waals surface area (Å²) in [5, 5.41) is 0.